The van der Waals surface area contributed by atoms with Crippen molar-refractivity contribution in [2.45, 2.75) is 13.2 Å². The van der Waals surface area contributed by atoms with E-state index < -0.39 is 0 Å². The minimum absolute atomic E-state index is 0.461. The van der Waals surface area contributed by atoms with Crippen molar-refractivity contribution >= 4 is 0 Å². The van der Waals surface area contributed by atoms with Gasteiger partial charge in [-0.1, -0.05) is 24.3 Å². The maximum Gasteiger partial charge on any atom is 0.0991 e. The molecular weight excluding hydrogens is 276 g/mol. The van der Waals surface area contributed by atoms with Crippen LogP contribution in [0.5, 0.6) is 0 Å². The fourth-order valence-corrected chi connectivity index (χ4v) is 1.96. The molecule has 0 spiro atoms. The molecule has 2 aromatic rings. The molecule has 0 fully saturated rings. The predicted molar refractivity (Wildman–Crippen MR) is 81.6 cm³/mol. The molecule has 0 aliphatic carbocycles. The van der Waals surface area contributed by atoms with E-state index in [0.717, 1.165) is 11.1 Å². The van der Waals surface area contributed by atoms with Gasteiger partial charge in [0.2, 0.25) is 0 Å². The molecule has 0 atom stereocenters. The molecule has 22 heavy (non-hydrogen) atoms. The van der Waals surface area contributed by atoms with E-state index in [1.807, 2.05) is 36.4 Å². The molecule has 0 saturated heterocycles. The van der Waals surface area contributed by atoms with Gasteiger partial charge < -0.3 is 9.47 Å². The summed E-state index contributed by atoms with van der Waals surface area (Å²) in [6.07, 6.45) is 0. The van der Waals surface area contributed by atoms with Gasteiger partial charge in [-0.25, -0.2) is 0 Å². The summed E-state index contributed by atoms with van der Waals surface area (Å²) >= 11 is 0. The Morgan fingerprint density at radius 3 is 1.59 bits per heavy atom. The third kappa shape index (κ3) is 5.03. The quantitative estimate of drug-likeness (QED) is 0.735. The molecule has 0 N–H and O–H groups in total. The highest BCUT2D eigenvalue weighted by Crippen LogP contribution is 2.07. The lowest BCUT2D eigenvalue weighted by Crippen LogP contribution is -2.04. The standard InChI is InChI=1S/C18H16N2O2/c19-11-15-3-1-5-17(9-15)13-21-7-8-22-14-18-6-2-4-16(10-18)12-20/h1-6,9-10H,7-8,13-14H2. The van der Waals surface area contributed by atoms with E-state index >= 15 is 0 Å². The van der Waals surface area contributed by atoms with Crippen LogP contribution in [0.4, 0.5) is 0 Å². The molecule has 0 saturated carbocycles. The van der Waals surface area contributed by atoms with Crippen LogP contribution < -0.4 is 0 Å². The minimum Gasteiger partial charge on any atom is -0.374 e. The zero-order valence-corrected chi connectivity index (χ0v) is 12.2. The Morgan fingerprint density at radius 2 is 1.18 bits per heavy atom. The number of nitriles is 2. The lowest BCUT2D eigenvalue weighted by atomic mass is 10.1. The van der Waals surface area contributed by atoms with Gasteiger partial charge in [0.25, 0.3) is 0 Å². The number of rotatable bonds is 7. The fraction of sp³-hybridized carbons (Fsp3) is 0.222. The van der Waals surface area contributed by atoms with Gasteiger partial charge in [-0.2, -0.15) is 10.5 Å². The van der Waals surface area contributed by atoms with E-state index in [9.17, 15) is 0 Å². The Hall–Kier alpha value is -2.66. The molecule has 0 amide bonds. The SMILES string of the molecule is N#Cc1cccc(COCCOCc2cccc(C#N)c2)c1. The normalized spacial score (nSPS) is 9.91. The van der Waals surface area contributed by atoms with E-state index in [1.54, 1.807) is 12.1 Å². The first-order valence-corrected chi connectivity index (χ1v) is 6.95. The second-order valence-electron chi connectivity index (χ2n) is 4.73. The summed E-state index contributed by atoms with van der Waals surface area (Å²) < 4.78 is 11.0. The molecule has 110 valence electrons. The number of benzene rings is 2. The summed E-state index contributed by atoms with van der Waals surface area (Å²) in [5, 5.41) is 17.6. The predicted octanol–water partition coefficient (Wildman–Crippen LogP) is 3.16. The van der Waals surface area contributed by atoms with Crippen molar-refractivity contribution in [1.29, 1.82) is 10.5 Å². The molecule has 0 aliphatic rings. The summed E-state index contributed by atoms with van der Waals surface area (Å²) in [5.41, 5.74) is 3.21. The van der Waals surface area contributed by atoms with Crippen LogP contribution in [-0.4, -0.2) is 13.2 Å². The van der Waals surface area contributed by atoms with E-state index in [2.05, 4.69) is 12.1 Å². The molecule has 4 nitrogen and oxygen atoms in total. The summed E-state index contributed by atoms with van der Waals surface area (Å²) in [6, 6.07) is 18.9. The Balaban J connectivity index is 1.65. The van der Waals surface area contributed by atoms with Gasteiger partial charge in [-0.15, -0.1) is 0 Å². The minimum atomic E-state index is 0.461. The maximum atomic E-state index is 8.82. The van der Waals surface area contributed by atoms with Crippen molar-refractivity contribution in [1.82, 2.24) is 0 Å². The van der Waals surface area contributed by atoms with E-state index in [0.29, 0.717) is 37.6 Å². The topological polar surface area (TPSA) is 66.0 Å². The van der Waals surface area contributed by atoms with Crippen molar-refractivity contribution in [2.75, 3.05) is 13.2 Å². The second kappa shape index (κ2) is 8.59. The average Bonchev–Trinajstić information content (AvgIpc) is 2.58. The number of ether oxygens (including phenoxy) is 2. The van der Waals surface area contributed by atoms with Crippen molar-refractivity contribution in [3.63, 3.8) is 0 Å². The van der Waals surface area contributed by atoms with Gasteiger partial charge in [0, 0.05) is 0 Å². The van der Waals surface area contributed by atoms with Gasteiger partial charge in [-0.05, 0) is 35.4 Å². The number of hydrogen-bond acceptors (Lipinski definition) is 4. The highest BCUT2D eigenvalue weighted by Gasteiger charge is 1.98. The van der Waals surface area contributed by atoms with Gasteiger partial charge in [0.15, 0.2) is 0 Å². The van der Waals surface area contributed by atoms with Gasteiger partial charge >= 0.3 is 0 Å². The van der Waals surface area contributed by atoms with E-state index in [4.69, 9.17) is 20.0 Å². The molecule has 4 heteroatoms. The van der Waals surface area contributed by atoms with Crippen molar-refractivity contribution in [3.05, 3.63) is 70.8 Å². The van der Waals surface area contributed by atoms with Crippen LogP contribution in [0.2, 0.25) is 0 Å². The monoisotopic (exact) mass is 292 g/mol. The van der Waals surface area contributed by atoms with Crippen LogP contribution in [-0.2, 0) is 22.7 Å². The van der Waals surface area contributed by atoms with Crippen LogP contribution in [0.25, 0.3) is 0 Å². The molecule has 0 radical (unpaired) electrons. The highest BCUT2D eigenvalue weighted by molar-refractivity contribution is 5.33. The van der Waals surface area contributed by atoms with Gasteiger partial charge in [-0.3, -0.25) is 0 Å². The van der Waals surface area contributed by atoms with Crippen LogP contribution in [0.3, 0.4) is 0 Å². The zero-order chi connectivity index (χ0) is 15.6. The van der Waals surface area contributed by atoms with Gasteiger partial charge in [0.05, 0.1) is 49.7 Å². The Bertz CT molecular complexity index is 637. The van der Waals surface area contributed by atoms with Crippen molar-refractivity contribution in [3.8, 4) is 12.1 Å². The largest absolute Gasteiger partial charge is 0.374 e. The molecule has 0 heterocycles. The third-order valence-corrected chi connectivity index (χ3v) is 3.02. The third-order valence-electron chi connectivity index (χ3n) is 3.02. The molecule has 0 unspecified atom stereocenters. The average molecular weight is 292 g/mol. The second-order valence-corrected chi connectivity index (χ2v) is 4.73. The molecular formula is C18H16N2O2. The van der Waals surface area contributed by atoms with Crippen LogP contribution in [0, 0.1) is 22.7 Å². The molecule has 0 bridgehead atoms. The van der Waals surface area contributed by atoms with Crippen molar-refractivity contribution < 1.29 is 9.47 Å². The summed E-state index contributed by atoms with van der Waals surface area (Å²) in [6.45, 7) is 1.88. The summed E-state index contributed by atoms with van der Waals surface area (Å²) in [4.78, 5) is 0. The Morgan fingerprint density at radius 1 is 0.727 bits per heavy atom. The van der Waals surface area contributed by atoms with Crippen LogP contribution in [0.1, 0.15) is 22.3 Å². The first-order valence-electron chi connectivity index (χ1n) is 6.95. The first-order chi connectivity index (χ1) is 10.8. The summed E-state index contributed by atoms with van der Waals surface area (Å²) in [7, 11) is 0. The van der Waals surface area contributed by atoms with Gasteiger partial charge in [0.1, 0.15) is 0 Å². The first kappa shape index (κ1) is 15.7. The maximum absolute atomic E-state index is 8.82. The molecule has 2 aromatic carbocycles. The number of nitrogens with zero attached hydrogens (tertiary/aromatic N) is 2. The Kier molecular flexibility index (Phi) is 6.14. The Labute approximate surface area is 130 Å². The van der Waals surface area contributed by atoms with E-state index in [1.165, 1.54) is 0 Å². The molecule has 0 aromatic heterocycles. The highest BCUT2D eigenvalue weighted by atomic mass is 16.5. The summed E-state index contributed by atoms with van der Waals surface area (Å²) in [5.74, 6) is 0. The van der Waals surface area contributed by atoms with E-state index in [-0.39, 0.29) is 0 Å². The van der Waals surface area contributed by atoms with Crippen LogP contribution in [0.15, 0.2) is 48.5 Å². The van der Waals surface area contributed by atoms with Crippen LogP contribution >= 0.6 is 0 Å². The fourth-order valence-electron chi connectivity index (χ4n) is 1.96. The number of hydrogen-bond donors (Lipinski definition) is 0. The lowest BCUT2D eigenvalue weighted by molar-refractivity contribution is 0.0339. The molecule has 2 rings (SSSR count). The lowest BCUT2D eigenvalue weighted by Gasteiger charge is -2.06. The zero-order valence-electron chi connectivity index (χ0n) is 12.2. The smallest absolute Gasteiger partial charge is 0.0991 e. The molecule has 0 aliphatic heterocycles. The van der Waals surface area contributed by atoms with Crippen molar-refractivity contribution in [2.24, 2.45) is 0 Å².